The van der Waals surface area contributed by atoms with Gasteiger partial charge in [-0.15, -0.1) is 0 Å². The largest absolute Gasteiger partial charge is 0.207 e. The average molecular weight is 270 g/mol. The lowest BCUT2D eigenvalue weighted by Crippen LogP contribution is -2.12. The molecule has 0 atom stereocenters. The van der Waals surface area contributed by atoms with Crippen LogP contribution in [0, 0.1) is 29.5 Å². The Kier molecular flexibility index (Phi) is 5.87. The van der Waals surface area contributed by atoms with E-state index in [1.807, 2.05) is 6.08 Å². The molecule has 0 heterocycles. The van der Waals surface area contributed by atoms with E-state index < -0.39 is 0 Å². The molecule has 0 radical (unpaired) electrons. The normalized spacial score (nSPS) is 22.5. The Bertz CT molecular complexity index is 479. The van der Waals surface area contributed by atoms with Crippen molar-refractivity contribution in [3.8, 4) is 11.8 Å². The van der Waals surface area contributed by atoms with Crippen molar-refractivity contribution in [1.82, 2.24) is 0 Å². The van der Waals surface area contributed by atoms with Crippen molar-refractivity contribution >= 4 is 0 Å². The fourth-order valence-electron chi connectivity index (χ4n) is 2.92. The first-order chi connectivity index (χ1) is 9.78. The Hall–Kier alpha value is -1.55. The smallest absolute Gasteiger partial charge is 0.123 e. The van der Waals surface area contributed by atoms with Gasteiger partial charge in [0.2, 0.25) is 0 Å². The SMILES string of the molecule is CCCC1CCC(/C=C/C#Cc2ccc(F)cc2)CC1. The number of hydrogen-bond donors (Lipinski definition) is 0. The van der Waals surface area contributed by atoms with Crippen LogP contribution in [0.2, 0.25) is 0 Å². The summed E-state index contributed by atoms with van der Waals surface area (Å²) >= 11 is 0. The van der Waals surface area contributed by atoms with Gasteiger partial charge in [0.25, 0.3) is 0 Å². The summed E-state index contributed by atoms with van der Waals surface area (Å²) in [6.45, 7) is 2.27. The standard InChI is InChI=1S/C19H23F/c1-2-5-16-8-10-17(11-9-16)6-3-4-7-18-12-14-19(20)15-13-18/h3,6,12-17H,2,5,8-11H2,1H3/b6-3+. The molecule has 1 saturated carbocycles. The molecule has 20 heavy (non-hydrogen) atoms. The molecule has 1 fully saturated rings. The molecule has 1 aliphatic carbocycles. The number of rotatable bonds is 3. The Labute approximate surface area is 122 Å². The minimum Gasteiger partial charge on any atom is -0.207 e. The quantitative estimate of drug-likeness (QED) is 0.650. The highest BCUT2D eigenvalue weighted by Gasteiger charge is 2.18. The Morgan fingerprint density at radius 1 is 1.15 bits per heavy atom. The predicted octanol–water partition coefficient (Wildman–Crippen LogP) is 5.34. The molecule has 1 aromatic rings. The molecule has 1 aromatic carbocycles. The maximum Gasteiger partial charge on any atom is 0.123 e. The van der Waals surface area contributed by atoms with E-state index in [4.69, 9.17) is 0 Å². The zero-order valence-electron chi connectivity index (χ0n) is 12.2. The predicted molar refractivity (Wildman–Crippen MR) is 82.8 cm³/mol. The van der Waals surface area contributed by atoms with Crippen molar-refractivity contribution in [3.05, 3.63) is 47.8 Å². The highest BCUT2D eigenvalue weighted by molar-refractivity contribution is 5.36. The van der Waals surface area contributed by atoms with Gasteiger partial charge in [0.1, 0.15) is 5.82 Å². The van der Waals surface area contributed by atoms with Gasteiger partial charge in [-0.3, -0.25) is 0 Å². The second-order valence-corrected chi connectivity index (χ2v) is 5.70. The third kappa shape index (κ3) is 4.85. The van der Waals surface area contributed by atoms with Crippen LogP contribution in [-0.2, 0) is 0 Å². The maximum atomic E-state index is 12.7. The summed E-state index contributed by atoms with van der Waals surface area (Å²) in [6, 6.07) is 6.32. The van der Waals surface area contributed by atoms with Crippen molar-refractivity contribution < 1.29 is 4.39 Å². The first-order valence-corrected chi connectivity index (χ1v) is 7.71. The van der Waals surface area contributed by atoms with Gasteiger partial charge in [0.15, 0.2) is 0 Å². The van der Waals surface area contributed by atoms with Gasteiger partial charge in [0.05, 0.1) is 0 Å². The first-order valence-electron chi connectivity index (χ1n) is 7.71. The number of allylic oxidation sites excluding steroid dienone is 2. The van der Waals surface area contributed by atoms with Crippen LogP contribution in [0.4, 0.5) is 4.39 Å². The van der Waals surface area contributed by atoms with Crippen molar-refractivity contribution in [3.63, 3.8) is 0 Å². The summed E-state index contributed by atoms with van der Waals surface area (Å²) in [4.78, 5) is 0. The zero-order valence-corrected chi connectivity index (χ0v) is 12.2. The third-order valence-electron chi connectivity index (χ3n) is 4.10. The van der Waals surface area contributed by atoms with Gasteiger partial charge >= 0.3 is 0 Å². The Morgan fingerprint density at radius 3 is 2.50 bits per heavy atom. The first kappa shape index (κ1) is 14.9. The van der Waals surface area contributed by atoms with Gasteiger partial charge in [-0.05, 0) is 67.9 Å². The molecule has 0 aromatic heterocycles. The van der Waals surface area contributed by atoms with E-state index in [1.54, 1.807) is 12.1 Å². The van der Waals surface area contributed by atoms with E-state index in [9.17, 15) is 4.39 Å². The summed E-state index contributed by atoms with van der Waals surface area (Å²) in [5, 5.41) is 0. The van der Waals surface area contributed by atoms with Crippen LogP contribution in [0.25, 0.3) is 0 Å². The molecule has 0 unspecified atom stereocenters. The molecule has 2 rings (SSSR count). The summed E-state index contributed by atoms with van der Waals surface area (Å²) in [6.07, 6.45) is 12.3. The molecule has 1 heteroatoms. The highest BCUT2D eigenvalue weighted by atomic mass is 19.1. The molecule has 0 bridgehead atoms. The summed E-state index contributed by atoms with van der Waals surface area (Å²) in [7, 11) is 0. The highest BCUT2D eigenvalue weighted by Crippen LogP contribution is 2.31. The maximum absolute atomic E-state index is 12.7. The van der Waals surface area contributed by atoms with Crippen molar-refractivity contribution in [2.24, 2.45) is 11.8 Å². The topological polar surface area (TPSA) is 0 Å². The minimum atomic E-state index is -0.213. The van der Waals surface area contributed by atoms with E-state index in [1.165, 1.54) is 50.7 Å². The van der Waals surface area contributed by atoms with Gasteiger partial charge in [0, 0.05) is 5.56 Å². The minimum absolute atomic E-state index is 0.213. The lowest BCUT2D eigenvalue weighted by Gasteiger charge is -2.26. The second kappa shape index (κ2) is 7.90. The van der Waals surface area contributed by atoms with Crippen molar-refractivity contribution in [2.45, 2.75) is 45.4 Å². The van der Waals surface area contributed by atoms with Crippen LogP contribution in [0.3, 0.4) is 0 Å². The molecule has 0 nitrogen and oxygen atoms in total. The molecule has 1 aliphatic rings. The number of benzene rings is 1. The third-order valence-corrected chi connectivity index (χ3v) is 4.10. The monoisotopic (exact) mass is 270 g/mol. The molecular weight excluding hydrogens is 247 g/mol. The van der Waals surface area contributed by atoms with Crippen LogP contribution in [0.1, 0.15) is 51.0 Å². The van der Waals surface area contributed by atoms with Crippen molar-refractivity contribution in [2.75, 3.05) is 0 Å². The van der Waals surface area contributed by atoms with Crippen LogP contribution < -0.4 is 0 Å². The number of halogens is 1. The van der Waals surface area contributed by atoms with E-state index in [0.717, 1.165) is 11.5 Å². The zero-order chi connectivity index (χ0) is 14.2. The molecule has 0 amide bonds. The second-order valence-electron chi connectivity index (χ2n) is 5.70. The van der Waals surface area contributed by atoms with Gasteiger partial charge in [-0.2, -0.15) is 0 Å². The molecule has 0 spiro atoms. The summed E-state index contributed by atoms with van der Waals surface area (Å²) in [5.74, 6) is 7.53. The lowest BCUT2D eigenvalue weighted by molar-refractivity contribution is 0.294. The van der Waals surface area contributed by atoms with E-state index in [2.05, 4.69) is 24.8 Å². The summed E-state index contributed by atoms with van der Waals surface area (Å²) in [5.41, 5.74) is 0.864. The Morgan fingerprint density at radius 2 is 1.85 bits per heavy atom. The van der Waals surface area contributed by atoms with Crippen molar-refractivity contribution in [1.29, 1.82) is 0 Å². The van der Waals surface area contributed by atoms with E-state index >= 15 is 0 Å². The molecular formula is C19H23F. The van der Waals surface area contributed by atoms with Crippen LogP contribution >= 0.6 is 0 Å². The summed E-state index contributed by atoms with van der Waals surface area (Å²) < 4.78 is 12.7. The Balaban J connectivity index is 1.79. The van der Waals surface area contributed by atoms with Crippen LogP contribution in [-0.4, -0.2) is 0 Å². The molecule has 0 aliphatic heterocycles. The van der Waals surface area contributed by atoms with Crippen LogP contribution in [0.5, 0.6) is 0 Å². The fourth-order valence-corrected chi connectivity index (χ4v) is 2.92. The molecule has 0 N–H and O–H groups in total. The van der Waals surface area contributed by atoms with E-state index in [-0.39, 0.29) is 5.82 Å². The average Bonchev–Trinajstić information content (AvgIpc) is 2.47. The molecule has 106 valence electrons. The fraction of sp³-hybridized carbons (Fsp3) is 0.474. The lowest BCUT2D eigenvalue weighted by atomic mass is 9.80. The van der Waals surface area contributed by atoms with Crippen LogP contribution in [0.15, 0.2) is 36.4 Å². The van der Waals surface area contributed by atoms with Gasteiger partial charge in [-0.1, -0.05) is 37.7 Å². The van der Waals surface area contributed by atoms with Gasteiger partial charge < -0.3 is 0 Å². The van der Waals surface area contributed by atoms with Gasteiger partial charge in [-0.25, -0.2) is 4.39 Å². The molecule has 0 saturated heterocycles. The number of hydrogen-bond acceptors (Lipinski definition) is 0. The van der Waals surface area contributed by atoms with E-state index in [0.29, 0.717) is 5.92 Å².